The van der Waals surface area contributed by atoms with Crippen molar-refractivity contribution < 1.29 is 19.1 Å². The Labute approximate surface area is 191 Å². The Morgan fingerprint density at radius 2 is 2.06 bits per heavy atom. The molecule has 2 fully saturated rings. The Hall–Kier alpha value is -2.29. The second-order valence-corrected chi connectivity index (χ2v) is 9.78. The average molecular weight is 458 g/mol. The van der Waals surface area contributed by atoms with E-state index in [0.29, 0.717) is 31.6 Å². The van der Waals surface area contributed by atoms with Crippen molar-refractivity contribution in [2.75, 3.05) is 19.7 Å². The lowest BCUT2D eigenvalue weighted by atomic mass is 9.93. The van der Waals surface area contributed by atoms with Gasteiger partial charge in [-0.25, -0.2) is 4.39 Å². The SMILES string of the molecule is CC(=O)SC1CCN(C(C(=O)C2CC2)c2ccccc2F)CC1=Cc1ccn(CCO)n1. The molecule has 4 rings (SSSR count). The Morgan fingerprint density at radius 3 is 2.75 bits per heavy atom. The first-order valence-electron chi connectivity index (χ1n) is 11.0. The summed E-state index contributed by atoms with van der Waals surface area (Å²) in [7, 11) is 0. The van der Waals surface area contributed by atoms with Crippen LogP contribution in [0.2, 0.25) is 0 Å². The van der Waals surface area contributed by atoms with E-state index >= 15 is 0 Å². The number of ketones is 1. The third kappa shape index (κ3) is 5.36. The number of piperidine rings is 1. The number of carbonyl (C=O) groups is 2. The molecule has 0 bridgehead atoms. The van der Waals surface area contributed by atoms with Crippen molar-refractivity contribution in [1.82, 2.24) is 14.7 Å². The van der Waals surface area contributed by atoms with Crippen molar-refractivity contribution in [2.45, 2.75) is 44.0 Å². The number of aliphatic hydroxyl groups excluding tert-OH is 1. The van der Waals surface area contributed by atoms with Crippen LogP contribution in [0.4, 0.5) is 4.39 Å². The molecule has 1 aromatic heterocycles. The number of carbonyl (C=O) groups excluding carboxylic acids is 2. The van der Waals surface area contributed by atoms with Gasteiger partial charge in [0.2, 0.25) is 0 Å². The van der Waals surface area contributed by atoms with Crippen molar-refractivity contribution in [3.63, 3.8) is 0 Å². The summed E-state index contributed by atoms with van der Waals surface area (Å²) in [6, 6.07) is 7.76. The first kappa shape index (κ1) is 22.9. The van der Waals surface area contributed by atoms with Gasteiger partial charge in [-0.2, -0.15) is 5.10 Å². The van der Waals surface area contributed by atoms with Gasteiger partial charge in [0.25, 0.3) is 0 Å². The highest BCUT2D eigenvalue weighted by Gasteiger charge is 2.41. The monoisotopic (exact) mass is 457 g/mol. The third-order valence-corrected chi connectivity index (χ3v) is 7.08. The highest BCUT2D eigenvalue weighted by atomic mass is 32.2. The van der Waals surface area contributed by atoms with Crippen molar-refractivity contribution in [1.29, 1.82) is 0 Å². The van der Waals surface area contributed by atoms with Gasteiger partial charge in [-0.05, 0) is 43.0 Å². The third-order valence-electron chi connectivity index (χ3n) is 5.92. The van der Waals surface area contributed by atoms with Crippen LogP contribution in [0.15, 0.2) is 42.1 Å². The lowest BCUT2D eigenvalue weighted by molar-refractivity contribution is -0.126. The summed E-state index contributed by atoms with van der Waals surface area (Å²) < 4.78 is 16.4. The molecule has 1 N–H and O–H groups in total. The van der Waals surface area contributed by atoms with Crippen LogP contribution < -0.4 is 0 Å². The summed E-state index contributed by atoms with van der Waals surface area (Å²) in [5.74, 6) is -0.273. The van der Waals surface area contributed by atoms with Crippen LogP contribution in [0.1, 0.15) is 43.5 Å². The van der Waals surface area contributed by atoms with E-state index in [-0.39, 0.29) is 34.5 Å². The minimum Gasteiger partial charge on any atom is -0.394 e. The predicted molar refractivity (Wildman–Crippen MR) is 122 cm³/mol. The molecule has 2 aromatic rings. The number of nitrogens with zero attached hydrogens (tertiary/aromatic N) is 3. The number of likely N-dealkylation sites (tertiary alicyclic amines) is 1. The molecule has 1 aliphatic heterocycles. The number of thioether (sulfide) groups is 1. The molecule has 2 heterocycles. The van der Waals surface area contributed by atoms with Crippen molar-refractivity contribution >= 4 is 28.7 Å². The van der Waals surface area contributed by atoms with E-state index in [0.717, 1.165) is 24.1 Å². The molecule has 32 heavy (non-hydrogen) atoms. The number of aliphatic hydroxyl groups is 1. The minimum absolute atomic E-state index is 0.00187. The number of hydrogen-bond donors (Lipinski definition) is 1. The molecule has 6 nitrogen and oxygen atoms in total. The maximum atomic E-state index is 14.7. The zero-order valence-corrected chi connectivity index (χ0v) is 18.9. The summed E-state index contributed by atoms with van der Waals surface area (Å²) >= 11 is 1.29. The molecule has 8 heteroatoms. The molecular weight excluding hydrogens is 429 g/mol. The zero-order valence-electron chi connectivity index (χ0n) is 18.1. The van der Waals surface area contributed by atoms with Gasteiger partial charge in [0.05, 0.1) is 24.9 Å². The first-order chi connectivity index (χ1) is 15.5. The first-order valence-corrected chi connectivity index (χ1v) is 11.9. The average Bonchev–Trinajstić information content (AvgIpc) is 3.52. The Morgan fingerprint density at radius 1 is 1.28 bits per heavy atom. The number of benzene rings is 1. The van der Waals surface area contributed by atoms with Gasteiger partial charge in [-0.3, -0.25) is 19.2 Å². The quantitative estimate of drug-likeness (QED) is 0.654. The van der Waals surface area contributed by atoms with Crippen LogP contribution in [-0.4, -0.2) is 55.6 Å². The summed E-state index contributed by atoms with van der Waals surface area (Å²) in [6.07, 6.45) is 6.18. The highest BCUT2D eigenvalue weighted by Crippen LogP contribution is 2.40. The fourth-order valence-electron chi connectivity index (χ4n) is 4.27. The second kappa shape index (κ2) is 10.1. The maximum Gasteiger partial charge on any atom is 0.186 e. The topological polar surface area (TPSA) is 75.4 Å². The maximum absolute atomic E-state index is 14.7. The molecule has 1 saturated carbocycles. The van der Waals surface area contributed by atoms with Gasteiger partial charge in [-0.15, -0.1) is 0 Å². The Bertz CT molecular complexity index is 1020. The van der Waals surface area contributed by atoms with E-state index in [9.17, 15) is 14.0 Å². The van der Waals surface area contributed by atoms with Crippen LogP contribution in [-0.2, 0) is 16.1 Å². The van der Waals surface area contributed by atoms with Gasteiger partial charge in [0.1, 0.15) is 5.82 Å². The van der Waals surface area contributed by atoms with E-state index < -0.39 is 6.04 Å². The fraction of sp³-hybridized carbons (Fsp3) is 0.458. The number of hydrogen-bond acceptors (Lipinski definition) is 6. The Balaban J connectivity index is 1.65. The second-order valence-electron chi connectivity index (χ2n) is 8.40. The van der Waals surface area contributed by atoms with Crippen LogP contribution in [0.3, 0.4) is 0 Å². The molecule has 2 aliphatic rings. The summed E-state index contributed by atoms with van der Waals surface area (Å²) in [6.45, 7) is 3.05. The Kier molecular flexibility index (Phi) is 7.23. The molecule has 1 aromatic carbocycles. The van der Waals surface area contributed by atoms with E-state index in [1.54, 1.807) is 36.0 Å². The lowest BCUT2D eigenvalue weighted by Gasteiger charge is -2.38. The van der Waals surface area contributed by atoms with Gasteiger partial charge in [0, 0.05) is 42.9 Å². The van der Waals surface area contributed by atoms with Crippen LogP contribution >= 0.6 is 11.8 Å². The van der Waals surface area contributed by atoms with Gasteiger partial charge < -0.3 is 5.11 Å². The molecular formula is C24H28FN3O3S. The van der Waals surface area contributed by atoms with Crippen molar-refractivity contribution in [3.8, 4) is 0 Å². The predicted octanol–water partition coefficient (Wildman–Crippen LogP) is 3.47. The minimum atomic E-state index is -0.623. The largest absolute Gasteiger partial charge is 0.394 e. The number of rotatable bonds is 8. The molecule has 2 atom stereocenters. The van der Waals surface area contributed by atoms with Crippen LogP contribution in [0.25, 0.3) is 6.08 Å². The molecule has 1 saturated heterocycles. The van der Waals surface area contributed by atoms with Crippen molar-refractivity contribution in [3.05, 3.63) is 59.2 Å². The highest BCUT2D eigenvalue weighted by molar-refractivity contribution is 8.14. The van der Waals surface area contributed by atoms with E-state index in [2.05, 4.69) is 5.10 Å². The molecule has 0 spiro atoms. The van der Waals surface area contributed by atoms with Gasteiger partial charge in [0.15, 0.2) is 10.9 Å². The molecule has 0 amide bonds. The number of Topliss-reactive ketones (excluding diaryl/α,β-unsaturated/α-hetero) is 1. The smallest absolute Gasteiger partial charge is 0.186 e. The van der Waals surface area contributed by atoms with Crippen molar-refractivity contribution in [2.24, 2.45) is 5.92 Å². The van der Waals surface area contributed by atoms with Gasteiger partial charge >= 0.3 is 0 Å². The zero-order chi connectivity index (χ0) is 22.7. The summed E-state index contributed by atoms with van der Waals surface area (Å²) in [4.78, 5) is 27.1. The van der Waals surface area contributed by atoms with E-state index in [4.69, 9.17) is 5.11 Å². The van der Waals surface area contributed by atoms with E-state index in [1.165, 1.54) is 17.8 Å². The fourth-order valence-corrected chi connectivity index (χ4v) is 5.18. The standard InChI is InChI=1S/C24H28FN3O3S/c1-16(30)32-22-9-10-27(15-18(22)14-19-8-11-28(26-19)12-13-29)23(24(31)17-6-7-17)20-4-2-3-5-21(20)25/h2-5,8,11,14,17,22-23,29H,6-7,9-10,12-13,15H2,1H3. The van der Waals surface area contributed by atoms with E-state index in [1.807, 2.05) is 17.0 Å². The lowest BCUT2D eigenvalue weighted by Crippen LogP contribution is -2.43. The van der Waals surface area contributed by atoms with Crippen LogP contribution in [0, 0.1) is 11.7 Å². The summed E-state index contributed by atoms with van der Waals surface area (Å²) in [5, 5.41) is 13.6. The molecule has 1 aliphatic carbocycles. The number of aromatic nitrogens is 2. The molecule has 2 unspecified atom stereocenters. The molecule has 0 radical (unpaired) electrons. The van der Waals surface area contributed by atoms with Crippen LogP contribution in [0.5, 0.6) is 0 Å². The molecule has 170 valence electrons. The van der Waals surface area contributed by atoms with Gasteiger partial charge in [-0.1, -0.05) is 30.0 Å². The normalized spacial score (nSPS) is 21.6. The number of halogens is 1. The summed E-state index contributed by atoms with van der Waals surface area (Å²) in [5.41, 5.74) is 2.16.